The lowest BCUT2D eigenvalue weighted by atomic mass is 9.98. The summed E-state index contributed by atoms with van der Waals surface area (Å²) in [5.41, 5.74) is 5.12. The summed E-state index contributed by atoms with van der Waals surface area (Å²) in [4.78, 5) is 36.5. The van der Waals surface area contributed by atoms with E-state index in [1.165, 1.54) is 0 Å². The van der Waals surface area contributed by atoms with Gasteiger partial charge in [-0.3, -0.25) is 14.4 Å². The van der Waals surface area contributed by atoms with Gasteiger partial charge in [0.15, 0.2) is 5.92 Å². The molecule has 0 aromatic heterocycles. The van der Waals surface area contributed by atoms with Crippen LogP contribution >= 0.6 is 0 Å². The number of carboxylic acid groups (broad SMARTS) is 1. The van der Waals surface area contributed by atoms with E-state index in [2.05, 4.69) is 5.32 Å². The van der Waals surface area contributed by atoms with Crippen molar-refractivity contribution in [3.05, 3.63) is 95.6 Å². The Hall–Kier alpha value is -3.93. The topological polar surface area (TPSA) is 92.7 Å². The number of carbonyl (C=O) groups is 3. The first-order valence-electron chi connectivity index (χ1n) is 10.4. The van der Waals surface area contributed by atoms with Gasteiger partial charge in [0.2, 0.25) is 5.91 Å². The van der Waals surface area contributed by atoms with E-state index in [-0.39, 0.29) is 19.1 Å². The molecule has 3 aromatic carbocycles. The molecule has 0 radical (unpaired) electrons. The number of carbonyl (C=O) groups excluding carboxylic acids is 2. The van der Waals surface area contributed by atoms with E-state index in [1.54, 1.807) is 0 Å². The normalized spacial score (nSPS) is 13.0. The third-order valence-corrected chi connectivity index (χ3v) is 5.66. The van der Waals surface area contributed by atoms with Crippen molar-refractivity contribution in [2.24, 2.45) is 5.92 Å². The molecule has 162 valence electrons. The van der Waals surface area contributed by atoms with Crippen LogP contribution in [0.3, 0.4) is 0 Å². The van der Waals surface area contributed by atoms with Crippen molar-refractivity contribution in [1.82, 2.24) is 5.32 Å². The van der Waals surface area contributed by atoms with Crippen molar-refractivity contribution in [2.45, 2.75) is 18.9 Å². The summed E-state index contributed by atoms with van der Waals surface area (Å²) >= 11 is 0. The molecule has 1 aliphatic carbocycles. The van der Waals surface area contributed by atoms with Crippen LogP contribution in [-0.4, -0.2) is 29.6 Å². The molecule has 0 aliphatic heterocycles. The Morgan fingerprint density at radius 1 is 0.844 bits per heavy atom. The monoisotopic (exact) mass is 429 g/mol. The van der Waals surface area contributed by atoms with Crippen LogP contribution in [0.2, 0.25) is 0 Å². The van der Waals surface area contributed by atoms with Gasteiger partial charge in [-0.15, -0.1) is 0 Å². The van der Waals surface area contributed by atoms with Crippen molar-refractivity contribution in [1.29, 1.82) is 0 Å². The Kier molecular flexibility index (Phi) is 6.31. The number of hydrogen-bond donors (Lipinski definition) is 2. The van der Waals surface area contributed by atoms with Gasteiger partial charge in [0.05, 0.1) is 6.42 Å². The average molecular weight is 429 g/mol. The number of amides is 1. The maximum atomic E-state index is 12.6. The fourth-order valence-corrected chi connectivity index (χ4v) is 4.03. The van der Waals surface area contributed by atoms with Crippen LogP contribution in [0, 0.1) is 5.92 Å². The highest BCUT2D eigenvalue weighted by Crippen LogP contribution is 2.44. The lowest BCUT2D eigenvalue weighted by Gasteiger charge is -2.17. The second-order valence-electron chi connectivity index (χ2n) is 7.71. The molecule has 32 heavy (non-hydrogen) atoms. The SMILES string of the molecule is O=C(CC(C(=O)O)C(=O)OCC1c2ccccc2-c2ccccc21)NCc1ccccc1. The predicted octanol–water partition coefficient (Wildman–Crippen LogP) is 3.75. The van der Waals surface area contributed by atoms with Gasteiger partial charge in [0.1, 0.15) is 6.61 Å². The number of aliphatic carboxylic acids is 1. The van der Waals surface area contributed by atoms with Crippen molar-refractivity contribution in [3.63, 3.8) is 0 Å². The number of esters is 1. The van der Waals surface area contributed by atoms with Crippen molar-refractivity contribution >= 4 is 17.8 Å². The van der Waals surface area contributed by atoms with Crippen LogP contribution in [0.1, 0.15) is 29.0 Å². The summed E-state index contributed by atoms with van der Waals surface area (Å²) in [5.74, 6) is -4.54. The Labute approximate surface area is 185 Å². The fraction of sp³-hybridized carbons (Fsp3) is 0.192. The van der Waals surface area contributed by atoms with Gasteiger partial charge in [0.25, 0.3) is 0 Å². The van der Waals surface area contributed by atoms with Crippen LogP contribution in [0.15, 0.2) is 78.9 Å². The lowest BCUT2D eigenvalue weighted by Crippen LogP contribution is -2.33. The van der Waals surface area contributed by atoms with Crippen molar-refractivity contribution < 1.29 is 24.2 Å². The van der Waals surface area contributed by atoms with Crippen molar-refractivity contribution in [3.8, 4) is 11.1 Å². The molecule has 6 heteroatoms. The molecule has 0 spiro atoms. The second-order valence-corrected chi connectivity index (χ2v) is 7.71. The number of rotatable bonds is 8. The van der Waals surface area contributed by atoms with Gasteiger partial charge >= 0.3 is 11.9 Å². The minimum absolute atomic E-state index is 0.0161. The zero-order valence-electron chi connectivity index (χ0n) is 17.4. The van der Waals surface area contributed by atoms with Gasteiger partial charge in [-0.05, 0) is 27.8 Å². The second kappa shape index (κ2) is 9.47. The third-order valence-electron chi connectivity index (χ3n) is 5.66. The molecule has 1 amide bonds. The van der Waals surface area contributed by atoms with Gasteiger partial charge in [-0.2, -0.15) is 0 Å². The van der Waals surface area contributed by atoms with Gasteiger partial charge in [-0.25, -0.2) is 0 Å². The summed E-state index contributed by atoms with van der Waals surface area (Å²) in [7, 11) is 0. The number of hydrogen-bond acceptors (Lipinski definition) is 4. The summed E-state index contributed by atoms with van der Waals surface area (Å²) in [6.07, 6.45) is -0.473. The quantitative estimate of drug-likeness (QED) is 0.420. The molecule has 2 N–H and O–H groups in total. The van der Waals surface area contributed by atoms with E-state index in [1.807, 2.05) is 78.9 Å². The Balaban J connectivity index is 1.39. The van der Waals surface area contributed by atoms with Crippen LogP contribution in [0.4, 0.5) is 0 Å². The maximum absolute atomic E-state index is 12.6. The lowest BCUT2D eigenvalue weighted by molar-refractivity contribution is -0.160. The Bertz CT molecular complexity index is 1100. The van der Waals surface area contributed by atoms with Crippen molar-refractivity contribution in [2.75, 3.05) is 6.61 Å². The van der Waals surface area contributed by atoms with E-state index in [0.29, 0.717) is 0 Å². The minimum atomic E-state index is -1.56. The average Bonchev–Trinajstić information content (AvgIpc) is 3.14. The molecule has 0 saturated heterocycles. The van der Waals surface area contributed by atoms with E-state index < -0.39 is 30.2 Å². The highest BCUT2D eigenvalue weighted by atomic mass is 16.5. The molecule has 1 atom stereocenters. The number of benzene rings is 3. The van der Waals surface area contributed by atoms with E-state index >= 15 is 0 Å². The maximum Gasteiger partial charge on any atom is 0.320 e. The molecule has 0 fully saturated rings. The highest BCUT2D eigenvalue weighted by molar-refractivity contribution is 5.98. The van der Waals surface area contributed by atoms with Crippen LogP contribution in [-0.2, 0) is 25.7 Å². The molecular formula is C26H23NO5. The molecule has 0 heterocycles. The standard InChI is InChI=1S/C26H23NO5/c28-24(27-15-17-8-2-1-3-9-17)14-22(25(29)30)26(31)32-16-23-20-12-6-4-10-18(20)19-11-5-7-13-21(19)23/h1-13,22-23H,14-16H2,(H,27,28)(H,29,30). The Morgan fingerprint density at radius 2 is 1.41 bits per heavy atom. The summed E-state index contributed by atoms with van der Waals surface area (Å²) in [5, 5.41) is 12.2. The van der Waals surface area contributed by atoms with Gasteiger partial charge in [0, 0.05) is 12.5 Å². The molecule has 0 bridgehead atoms. The highest BCUT2D eigenvalue weighted by Gasteiger charge is 2.33. The minimum Gasteiger partial charge on any atom is -0.481 e. The molecule has 0 saturated carbocycles. The van der Waals surface area contributed by atoms with Gasteiger partial charge < -0.3 is 15.2 Å². The third kappa shape index (κ3) is 4.54. The first-order chi connectivity index (χ1) is 15.5. The zero-order chi connectivity index (χ0) is 22.5. The van der Waals surface area contributed by atoms with E-state index in [0.717, 1.165) is 27.8 Å². The molecule has 1 unspecified atom stereocenters. The van der Waals surface area contributed by atoms with Crippen LogP contribution < -0.4 is 5.32 Å². The van der Waals surface area contributed by atoms with Gasteiger partial charge in [-0.1, -0.05) is 78.9 Å². The largest absolute Gasteiger partial charge is 0.481 e. The molecular weight excluding hydrogens is 406 g/mol. The molecule has 4 rings (SSSR count). The number of ether oxygens (including phenoxy) is 1. The Morgan fingerprint density at radius 3 is 2.00 bits per heavy atom. The molecule has 3 aromatic rings. The number of nitrogens with one attached hydrogen (secondary N) is 1. The summed E-state index contributed by atoms with van der Waals surface area (Å²) < 4.78 is 5.43. The number of fused-ring (bicyclic) bond motifs is 3. The fourth-order valence-electron chi connectivity index (χ4n) is 4.03. The smallest absolute Gasteiger partial charge is 0.320 e. The van der Waals surface area contributed by atoms with E-state index in [4.69, 9.17) is 4.74 Å². The van der Waals surface area contributed by atoms with Crippen LogP contribution in [0.25, 0.3) is 11.1 Å². The summed E-state index contributed by atoms with van der Waals surface area (Å²) in [6.45, 7) is 0.277. The first-order valence-corrected chi connectivity index (χ1v) is 10.4. The zero-order valence-corrected chi connectivity index (χ0v) is 17.4. The molecule has 1 aliphatic rings. The van der Waals surface area contributed by atoms with E-state index in [9.17, 15) is 19.5 Å². The summed E-state index contributed by atoms with van der Waals surface area (Å²) in [6, 6.07) is 25.0. The number of carboxylic acids is 1. The first kappa shape index (κ1) is 21.3. The predicted molar refractivity (Wildman–Crippen MR) is 119 cm³/mol. The molecule has 6 nitrogen and oxygen atoms in total. The van der Waals surface area contributed by atoms with Crippen LogP contribution in [0.5, 0.6) is 0 Å².